The summed E-state index contributed by atoms with van der Waals surface area (Å²) in [4.78, 5) is 9.16. The first-order valence-electron chi connectivity index (χ1n) is 10.4. The molecule has 0 bridgehead atoms. The highest BCUT2D eigenvalue weighted by molar-refractivity contribution is 7.83. The first-order valence-corrected chi connectivity index (χ1v) is 11.6. The normalized spacial score (nSPS) is 11.7. The molecule has 1 aromatic heterocycles. The summed E-state index contributed by atoms with van der Waals surface area (Å²) in [6, 6.07) is 21.4. The lowest BCUT2D eigenvalue weighted by atomic mass is 10.1. The van der Waals surface area contributed by atoms with E-state index in [9.17, 15) is 4.21 Å². The summed E-state index contributed by atoms with van der Waals surface area (Å²) in [6.07, 6.45) is 7.91. The van der Waals surface area contributed by atoms with E-state index in [2.05, 4.69) is 25.3 Å². The lowest BCUT2D eigenvalue weighted by Crippen LogP contribution is -2.27. The average molecular weight is 465 g/mol. The van der Waals surface area contributed by atoms with Crippen molar-refractivity contribution in [2.75, 3.05) is 18.4 Å². The van der Waals surface area contributed by atoms with Crippen LogP contribution >= 0.6 is 0 Å². The van der Waals surface area contributed by atoms with Crippen LogP contribution in [0.1, 0.15) is 19.3 Å². The summed E-state index contributed by atoms with van der Waals surface area (Å²) in [6.45, 7) is 1.24. The van der Waals surface area contributed by atoms with Crippen molar-refractivity contribution >= 4 is 22.6 Å². The molecule has 0 saturated carbocycles. The molecule has 0 fully saturated rings. The molecule has 1 unspecified atom stereocenters. The van der Waals surface area contributed by atoms with Gasteiger partial charge in [0, 0.05) is 31.2 Å². The van der Waals surface area contributed by atoms with Gasteiger partial charge in [-0.25, -0.2) is 8.93 Å². The van der Waals surface area contributed by atoms with Gasteiger partial charge in [-0.2, -0.15) is 5.26 Å². The minimum Gasteiger partial charge on any atom is -0.412 e. The number of rotatable bonds is 10. The number of nitriles is 1. The number of aliphatic imine (C=N–C) groups is 1. The van der Waals surface area contributed by atoms with Crippen LogP contribution in [0, 0.1) is 11.5 Å². The fourth-order valence-corrected chi connectivity index (χ4v) is 4.14. The first-order chi connectivity index (χ1) is 15.8. The predicted octanol–water partition coefficient (Wildman–Crippen LogP) is 3.25. The molecule has 2 aromatic carbocycles. The maximum absolute atomic E-state index is 12.8. The molecule has 0 aliphatic heterocycles. The van der Waals surface area contributed by atoms with Crippen molar-refractivity contribution in [3.8, 4) is 17.3 Å². The fourth-order valence-electron chi connectivity index (χ4n) is 3.07. The molecule has 3 aromatic rings. The Labute approximate surface area is 196 Å². The Morgan fingerprint density at radius 1 is 0.970 bits per heavy atom. The van der Waals surface area contributed by atoms with Gasteiger partial charge in [-0.05, 0) is 42.2 Å². The lowest BCUT2D eigenvalue weighted by molar-refractivity contribution is 0.650. The van der Waals surface area contributed by atoms with E-state index in [1.807, 2.05) is 60.8 Å². The van der Waals surface area contributed by atoms with Crippen LogP contribution in [0.25, 0.3) is 11.1 Å². The quantitative estimate of drug-likeness (QED) is 0.139. The number of nitrogens with one attached hydrogen (secondary N) is 3. The molecule has 5 N–H and O–H groups in total. The number of hydrogen-bond acceptors (Lipinski definition) is 4. The Hall–Kier alpha value is -3.58. The standard InChI is InChI=1S/C24H26N6OS.H2O/c25-19-28-24(30-21-13-17-26-18-14-21)27-15-7-2-8-16-29-32(31)23-12-6-5-11-22(23)20-9-3-1-4-10-20;/h1,3-6,9-14,17-18,29H,2,7-8,15-16H2,(H2,26,27,28,30);1H2. The van der Waals surface area contributed by atoms with E-state index in [0.29, 0.717) is 19.0 Å². The van der Waals surface area contributed by atoms with E-state index in [1.54, 1.807) is 24.5 Å². The van der Waals surface area contributed by atoms with E-state index in [4.69, 9.17) is 5.26 Å². The molecule has 0 spiro atoms. The zero-order valence-electron chi connectivity index (χ0n) is 18.2. The predicted molar refractivity (Wildman–Crippen MR) is 133 cm³/mol. The third kappa shape index (κ3) is 8.46. The minimum atomic E-state index is -1.27. The van der Waals surface area contributed by atoms with Gasteiger partial charge in [-0.1, -0.05) is 55.0 Å². The van der Waals surface area contributed by atoms with Crippen LogP contribution in [0.4, 0.5) is 5.69 Å². The number of nitrogens with zero attached hydrogens (tertiary/aromatic N) is 3. The summed E-state index contributed by atoms with van der Waals surface area (Å²) in [5.41, 5.74) is 2.84. The maximum atomic E-state index is 12.8. The van der Waals surface area contributed by atoms with Crippen molar-refractivity contribution in [2.45, 2.75) is 24.2 Å². The van der Waals surface area contributed by atoms with Crippen LogP contribution in [-0.4, -0.2) is 33.7 Å². The Kier molecular flexibility index (Phi) is 11.3. The number of pyridine rings is 1. The van der Waals surface area contributed by atoms with Crippen LogP contribution in [-0.2, 0) is 11.0 Å². The third-order valence-corrected chi connectivity index (χ3v) is 5.85. The SMILES string of the molecule is N#CNC(=NCCCCCNS(=O)c1ccccc1-c1ccccc1)Nc1ccncc1.O. The van der Waals surface area contributed by atoms with Gasteiger partial charge >= 0.3 is 0 Å². The second-order valence-corrected chi connectivity index (χ2v) is 8.18. The summed E-state index contributed by atoms with van der Waals surface area (Å²) < 4.78 is 15.9. The van der Waals surface area contributed by atoms with Gasteiger partial charge in [0.15, 0.2) is 6.19 Å². The molecule has 8 nitrogen and oxygen atoms in total. The van der Waals surface area contributed by atoms with Crippen molar-refractivity contribution in [1.82, 2.24) is 15.0 Å². The van der Waals surface area contributed by atoms with Gasteiger partial charge in [0.1, 0.15) is 11.0 Å². The Morgan fingerprint density at radius 2 is 1.70 bits per heavy atom. The van der Waals surface area contributed by atoms with E-state index in [0.717, 1.165) is 41.0 Å². The molecule has 1 atom stereocenters. The molecule has 0 aliphatic carbocycles. The molecule has 0 aliphatic rings. The summed E-state index contributed by atoms with van der Waals surface area (Å²) in [7, 11) is -1.27. The topological polar surface area (TPSA) is 134 Å². The monoisotopic (exact) mass is 464 g/mol. The number of hydrogen-bond donors (Lipinski definition) is 3. The van der Waals surface area contributed by atoms with Crippen molar-refractivity contribution in [2.24, 2.45) is 4.99 Å². The van der Waals surface area contributed by atoms with Gasteiger partial charge in [0.25, 0.3) is 0 Å². The van der Waals surface area contributed by atoms with Crippen molar-refractivity contribution in [3.63, 3.8) is 0 Å². The molecule has 0 amide bonds. The Bertz CT molecular complexity index is 1070. The van der Waals surface area contributed by atoms with Crippen LogP contribution in [0.3, 0.4) is 0 Å². The average Bonchev–Trinajstić information content (AvgIpc) is 2.84. The second kappa shape index (κ2) is 14.5. The van der Waals surface area contributed by atoms with Gasteiger partial charge in [-0.15, -0.1) is 0 Å². The largest absolute Gasteiger partial charge is 0.412 e. The summed E-state index contributed by atoms with van der Waals surface area (Å²) in [5.74, 6) is 0.412. The lowest BCUT2D eigenvalue weighted by Gasteiger charge is -2.10. The van der Waals surface area contributed by atoms with Crippen molar-refractivity contribution < 1.29 is 9.69 Å². The molecule has 0 saturated heterocycles. The zero-order chi connectivity index (χ0) is 22.4. The van der Waals surface area contributed by atoms with Crippen molar-refractivity contribution in [3.05, 3.63) is 79.1 Å². The smallest absolute Gasteiger partial charge is 0.209 e. The van der Waals surface area contributed by atoms with Crippen LogP contribution in [0.5, 0.6) is 0 Å². The molecular weight excluding hydrogens is 436 g/mol. The van der Waals surface area contributed by atoms with Crippen molar-refractivity contribution in [1.29, 1.82) is 5.26 Å². The van der Waals surface area contributed by atoms with Gasteiger partial charge in [-0.3, -0.25) is 15.3 Å². The van der Waals surface area contributed by atoms with Crippen LogP contribution in [0.2, 0.25) is 0 Å². The zero-order valence-corrected chi connectivity index (χ0v) is 19.0. The van der Waals surface area contributed by atoms with Gasteiger partial charge in [0.2, 0.25) is 5.96 Å². The van der Waals surface area contributed by atoms with Gasteiger partial charge < -0.3 is 10.8 Å². The fraction of sp³-hybridized carbons (Fsp3) is 0.208. The maximum Gasteiger partial charge on any atom is 0.209 e. The highest BCUT2D eigenvalue weighted by atomic mass is 32.2. The Balaban J connectivity index is 0.00000385. The van der Waals surface area contributed by atoms with E-state index >= 15 is 0 Å². The molecule has 33 heavy (non-hydrogen) atoms. The van der Waals surface area contributed by atoms with E-state index < -0.39 is 11.0 Å². The van der Waals surface area contributed by atoms with Gasteiger partial charge in [0.05, 0.1) is 4.90 Å². The molecule has 9 heteroatoms. The number of aromatic nitrogens is 1. The number of anilines is 1. The highest BCUT2D eigenvalue weighted by Crippen LogP contribution is 2.25. The minimum absolute atomic E-state index is 0. The summed E-state index contributed by atoms with van der Waals surface area (Å²) >= 11 is 0. The Morgan fingerprint density at radius 3 is 2.45 bits per heavy atom. The summed E-state index contributed by atoms with van der Waals surface area (Å²) in [5, 5.41) is 14.5. The number of unbranched alkanes of at least 4 members (excludes halogenated alkanes) is 2. The molecule has 0 radical (unpaired) electrons. The molecular formula is C24H28N6O2S. The highest BCUT2D eigenvalue weighted by Gasteiger charge is 2.10. The van der Waals surface area contributed by atoms with E-state index in [1.165, 1.54) is 0 Å². The molecule has 172 valence electrons. The first kappa shape index (κ1) is 25.7. The van der Waals surface area contributed by atoms with Crippen LogP contribution in [0.15, 0.2) is 89.0 Å². The van der Waals surface area contributed by atoms with E-state index in [-0.39, 0.29) is 5.48 Å². The number of benzene rings is 2. The third-order valence-electron chi connectivity index (χ3n) is 4.63. The second-order valence-electron chi connectivity index (χ2n) is 6.91. The van der Waals surface area contributed by atoms with Crippen LogP contribution < -0.4 is 15.4 Å². The number of guanidine groups is 1. The molecule has 3 rings (SSSR count). The molecule has 1 heterocycles.